The van der Waals surface area contributed by atoms with E-state index in [1.165, 1.54) is 0 Å². The highest BCUT2D eigenvalue weighted by Crippen LogP contribution is 2.38. The Morgan fingerprint density at radius 2 is 2.40 bits per heavy atom. The van der Waals surface area contributed by atoms with Crippen LogP contribution in [0.5, 0.6) is 0 Å². The number of nitrogens with zero attached hydrogens (tertiary/aromatic N) is 2. The van der Waals surface area contributed by atoms with Gasteiger partial charge in [-0.05, 0) is 45.3 Å². The molecule has 1 amide bonds. The van der Waals surface area contributed by atoms with Crippen molar-refractivity contribution in [2.45, 2.75) is 57.9 Å². The summed E-state index contributed by atoms with van der Waals surface area (Å²) in [4.78, 5) is 12.2. The van der Waals surface area contributed by atoms with E-state index in [1.807, 2.05) is 18.4 Å². The molecule has 110 valence electrons. The number of hydrogen-bond acceptors (Lipinski definition) is 4. The molecule has 3 heterocycles. The summed E-state index contributed by atoms with van der Waals surface area (Å²) in [5.74, 6) is 0.840. The van der Waals surface area contributed by atoms with Crippen molar-refractivity contribution >= 4 is 18.1 Å². The number of ether oxygens (including phenoxy) is 1. The zero-order valence-electron chi connectivity index (χ0n) is 11.8. The summed E-state index contributed by atoms with van der Waals surface area (Å²) in [5, 5.41) is 9.93. The molecule has 0 saturated carbocycles. The van der Waals surface area contributed by atoms with Gasteiger partial charge in [-0.2, -0.15) is 5.10 Å². The largest absolute Gasteiger partial charge is 0.374 e. The van der Waals surface area contributed by atoms with E-state index in [0.717, 1.165) is 25.1 Å². The fourth-order valence-corrected chi connectivity index (χ4v) is 3.57. The third-order valence-corrected chi connectivity index (χ3v) is 4.45. The number of aromatic amines is 1. The van der Waals surface area contributed by atoms with Crippen molar-refractivity contribution in [2.75, 3.05) is 0 Å². The number of fused-ring (bicyclic) bond motifs is 2. The van der Waals surface area contributed by atoms with Crippen LogP contribution in [0.1, 0.15) is 45.0 Å². The van der Waals surface area contributed by atoms with Gasteiger partial charge in [0, 0.05) is 6.04 Å². The highest BCUT2D eigenvalue weighted by Gasteiger charge is 2.44. The predicted molar refractivity (Wildman–Crippen MR) is 75.6 cm³/mol. The smallest absolute Gasteiger partial charge is 0.226 e. The van der Waals surface area contributed by atoms with E-state index >= 15 is 0 Å². The van der Waals surface area contributed by atoms with Crippen molar-refractivity contribution in [2.24, 2.45) is 5.92 Å². The lowest BCUT2D eigenvalue weighted by atomic mass is 9.88. The molecule has 1 aromatic heterocycles. The van der Waals surface area contributed by atoms with Crippen LogP contribution in [-0.4, -0.2) is 32.9 Å². The van der Waals surface area contributed by atoms with Gasteiger partial charge in [0.25, 0.3) is 0 Å². The van der Waals surface area contributed by atoms with E-state index in [1.54, 1.807) is 0 Å². The van der Waals surface area contributed by atoms with Crippen LogP contribution < -0.4 is 5.32 Å². The van der Waals surface area contributed by atoms with Crippen LogP contribution in [0.3, 0.4) is 0 Å². The molecule has 2 aliphatic rings. The molecule has 0 radical (unpaired) electrons. The lowest BCUT2D eigenvalue weighted by Crippen LogP contribution is -2.36. The van der Waals surface area contributed by atoms with Crippen molar-refractivity contribution in [3.63, 3.8) is 0 Å². The maximum Gasteiger partial charge on any atom is 0.226 e. The Morgan fingerprint density at radius 3 is 3.00 bits per heavy atom. The van der Waals surface area contributed by atoms with Gasteiger partial charge in [0.15, 0.2) is 10.6 Å². The third-order valence-electron chi connectivity index (χ3n) is 4.16. The standard InChI is InChI=1S/C13H20N4O2S/c1-7(2)17-11(15-16-13(17)20)6-14-12(18)9-5-8-3-4-10(9)19-8/h7-10H,3-6H2,1-2H3,(H,14,18)(H,16,20). The average molecular weight is 296 g/mol. The Balaban J connectivity index is 1.62. The van der Waals surface area contributed by atoms with Crippen molar-refractivity contribution in [3.8, 4) is 0 Å². The van der Waals surface area contributed by atoms with Crippen LogP contribution in [0, 0.1) is 10.7 Å². The Hall–Kier alpha value is -1.21. The third kappa shape index (κ3) is 2.40. The molecule has 2 bridgehead atoms. The summed E-state index contributed by atoms with van der Waals surface area (Å²) in [5.41, 5.74) is 0. The normalized spacial score (nSPS) is 28.2. The Kier molecular flexibility index (Phi) is 3.64. The van der Waals surface area contributed by atoms with Crippen LogP contribution in [0.25, 0.3) is 0 Å². The highest BCUT2D eigenvalue weighted by atomic mass is 32.1. The molecule has 0 aromatic carbocycles. The van der Waals surface area contributed by atoms with Gasteiger partial charge in [0.05, 0.1) is 24.7 Å². The van der Waals surface area contributed by atoms with Gasteiger partial charge in [0.2, 0.25) is 5.91 Å². The van der Waals surface area contributed by atoms with E-state index in [4.69, 9.17) is 17.0 Å². The van der Waals surface area contributed by atoms with Gasteiger partial charge in [0.1, 0.15) is 0 Å². The van der Waals surface area contributed by atoms with Crippen molar-refractivity contribution in [1.29, 1.82) is 0 Å². The highest BCUT2D eigenvalue weighted by molar-refractivity contribution is 7.71. The van der Waals surface area contributed by atoms with Crippen LogP contribution in [0.2, 0.25) is 0 Å². The van der Waals surface area contributed by atoms with Gasteiger partial charge in [-0.1, -0.05) is 0 Å². The van der Waals surface area contributed by atoms with E-state index in [0.29, 0.717) is 17.4 Å². The fraction of sp³-hybridized carbons (Fsp3) is 0.769. The molecule has 3 atom stereocenters. The zero-order chi connectivity index (χ0) is 14.3. The minimum absolute atomic E-state index is 0.00293. The predicted octanol–water partition coefficient (Wildman–Crippen LogP) is 1.71. The number of nitrogens with one attached hydrogen (secondary N) is 2. The van der Waals surface area contributed by atoms with Crippen LogP contribution >= 0.6 is 12.2 Å². The molecule has 2 aliphatic heterocycles. The van der Waals surface area contributed by atoms with Crippen molar-refractivity contribution in [1.82, 2.24) is 20.1 Å². The van der Waals surface area contributed by atoms with Gasteiger partial charge in [-0.25, -0.2) is 0 Å². The monoisotopic (exact) mass is 296 g/mol. The molecule has 20 heavy (non-hydrogen) atoms. The fourth-order valence-electron chi connectivity index (χ4n) is 3.21. The lowest BCUT2D eigenvalue weighted by molar-refractivity contribution is -0.126. The first-order valence-electron chi connectivity index (χ1n) is 7.15. The summed E-state index contributed by atoms with van der Waals surface area (Å²) in [6.07, 6.45) is 3.37. The molecular weight excluding hydrogens is 276 g/mol. The molecule has 6 nitrogen and oxygen atoms in total. The number of amides is 1. The minimum atomic E-state index is 0.00293. The summed E-state index contributed by atoms with van der Waals surface area (Å²) >= 11 is 5.19. The Bertz CT molecular complexity index is 565. The first kappa shape index (κ1) is 13.8. The zero-order valence-corrected chi connectivity index (χ0v) is 12.6. The van der Waals surface area contributed by atoms with E-state index in [9.17, 15) is 4.79 Å². The second-order valence-corrected chi connectivity index (χ2v) is 6.23. The van der Waals surface area contributed by atoms with E-state index in [2.05, 4.69) is 15.5 Å². The van der Waals surface area contributed by atoms with Crippen LogP contribution in [0.15, 0.2) is 0 Å². The number of aromatic nitrogens is 3. The molecule has 0 aliphatic carbocycles. The molecule has 0 spiro atoms. The first-order chi connectivity index (χ1) is 9.56. The van der Waals surface area contributed by atoms with Crippen molar-refractivity contribution < 1.29 is 9.53 Å². The molecule has 3 rings (SSSR count). The molecule has 2 N–H and O–H groups in total. The lowest BCUT2D eigenvalue weighted by Gasteiger charge is -2.18. The van der Waals surface area contributed by atoms with Gasteiger partial charge >= 0.3 is 0 Å². The van der Waals surface area contributed by atoms with E-state index in [-0.39, 0.29) is 24.0 Å². The van der Waals surface area contributed by atoms with Gasteiger partial charge in [-0.15, -0.1) is 0 Å². The summed E-state index contributed by atoms with van der Waals surface area (Å²) in [7, 11) is 0. The quantitative estimate of drug-likeness (QED) is 0.830. The topological polar surface area (TPSA) is 71.9 Å². The molecular formula is C13H20N4O2S. The molecule has 7 heteroatoms. The van der Waals surface area contributed by atoms with E-state index < -0.39 is 0 Å². The minimum Gasteiger partial charge on any atom is -0.374 e. The molecule has 1 aromatic rings. The first-order valence-corrected chi connectivity index (χ1v) is 7.56. The second-order valence-electron chi connectivity index (χ2n) is 5.84. The number of hydrogen-bond donors (Lipinski definition) is 2. The summed E-state index contributed by atoms with van der Waals surface area (Å²) in [6, 6.07) is 0.221. The molecule has 3 unspecified atom stereocenters. The number of carbonyl (C=O) groups is 1. The SMILES string of the molecule is CC(C)n1c(CNC(=O)C2CC3CCC2O3)n[nH]c1=S. The van der Waals surface area contributed by atoms with Crippen LogP contribution in [-0.2, 0) is 16.1 Å². The number of rotatable bonds is 4. The number of H-pyrrole nitrogens is 1. The van der Waals surface area contributed by atoms with Gasteiger partial charge < -0.3 is 14.6 Å². The second kappa shape index (κ2) is 5.29. The maximum absolute atomic E-state index is 12.2. The maximum atomic E-state index is 12.2. The summed E-state index contributed by atoms with van der Waals surface area (Å²) in [6.45, 7) is 4.48. The Morgan fingerprint density at radius 1 is 1.60 bits per heavy atom. The van der Waals surface area contributed by atoms with Crippen LogP contribution in [0.4, 0.5) is 0 Å². The van der Waals surface area contributed by atoms with Gasteiger partial charge in [-0.3, -0.25) is 9.89 Å². The molecule has 2 fully saturated rings. The Labute approximate surface area is 122 Å². The molecule has 2 saturated heterocycles. The van der Waals surface area contributed by atoms with Crippen molar-refractivity contribution in [3.05, 3.63) is 10.6 Å². The number of carbonyl (C=O) groups excluding carboxylic acids is 1. The average Bonchev–Trinajstić information content (AvgIpc) is 3.10. The summed E-state index contributed by atoms with van der Waals surface area (Å²) < 4.78 is 8.23.